The van der Waals surface area contributed by atoms with Gasteiger partial charge in [-0.15, -0.1) is 0 Å². The van der Waals surface area contributed by atoms with E-state index in [4.69, 9.17) is 0 Å². The minimum absolute atomic E-state index is 0.00371. The molecule has 0 aliphatic heterocycles. The van der Waals surface area contributed by atoms with Crippen molar-refractivity contribution < 1.29 is 4.79 Å². The number of amides is 1. The van der Waals surface area contributed by atoms with Crippen LogP contribution in [0.2, 0.25) is 0 Å². The van der Waals surface area contributed by atoms with Crippen molar-refractivity contribution in [3.8, 4) is 0 Å². The van der Waals surface area contributed by atoms with E-state index in [1.165, 1.54) is 10.8 Å². The molecule has 0 saturated carbocycles. The second-order valence-electron chi connectivity index (χ2n) is 7.25. The van der Waals surface area contributed by atoms with Crippen molar-refractivity contribution in [3.05, 3.63) is 60.0 Å². The summed E-state index contributed by atoms with van der Waals surface area (Å²) in [5.41, 5.74) is 1.87. The van der Waals surface area contributed by atoms with Gasteiger partial charge in [0, 0.05) is 30.6 Å². The van der Waals surface area contributed by atoms with Crippen LogP contribution in [-0.2, 0) is 11.3 Å². The fraction of sp³-hybridized carbons (Fsp3) is 0.333. The molecule has 1 amide bonds. The van der Waals surface area contributed by atoms with Crippen LogP contribution >= 0.6 is 0 Å². The molecule has 0 aliphatic carbocycles. The van der Waals surface area contributed by atoms with Crippen LogP contribution in [0.15, 0.2) is 48.9 Å². The van der Waals surface area contributed by atoms with E-state index >= 15 is 0 Å². The van der Waals surface area contributed by atoms with E-state index in [2.05, 4.69) is 39.4 Å². The number of carbonyl (C=O) groups excluding carboxylic acids is 1. The third-order valence-corrected chi connectivity index (χ3v) is 4.91. The molecule has 0 aliphatic rings. The molecule has 4 nitrogen and oxygen atoms in total. The lowest BCUT2D eigenvalue weighted by Crippen LogP contribution is -2.30. The smallest absolute Gasteiger partial charge is 0.231 e. The van der Waals surface area contributed by atoms with E-state index in [1.807, 2.05) is 52.1 Å². The van der Waals surface area contributed by atoms with Gasteiger partial charge in [0.1, 0.15) is 5.82 Å². The van der Waals surface area contributed by atoms with Gasteiger partial charge < -0.3 is 9.88 Å². The number of anilines is 1. The number of hydrogen-bond donors (Lipinski definition) is 1. The quantitative estimate of drug-likeness (QED) is 0.730. The van der Waals surface area contributed by atoms with Crippen molar-refractivity contribution >= 4 is 22.5 Å². The van der Waals surface area contributed by atoms with Crippen molar-refractivity contribution in [2.45, 2.75) is 40.7 Å². The molecule has 0 saturated heterocycles. The first-order chi connectivity index (χ1) is 11.9. The van der Waals surface area contributed by atoms with Crippen molar-refractivity contribution in [1.82, 2.24) is 9.55 Å². The fourth-order valence-electron chi connectivity index (χ4n) is 2.68. The molecule has 25 heavy (non-hydrogen) atoms. The summed E-state index contributed by atoms with van der Waals surface area (Å²) < 4.78 is 2.18. The predicted octanol–water partition coefficient (Wildman–Crippen LogP) is 4.77. The molecule has 3 aromatic rings. The summed E-state index contributed by atoms with van der Waals surface area (Å²) in [7, 11) is 0. The number of benzene rings is 1. The van der Waals surface area contributed by atoms with Gasteiger partial charge in [-0.2, -0.15) is 0 Å². The standard InChI is InChI=1S/C21H25N3O/c1-5-21(3,4)20(25)23-19-10-18(15(2)11-22-19)14-24-12-16-8-6-7-9-17(16)13-24/h6-13H,5,14H2,1-4H3,(H,22,23,25). The van der Waals surface area contributed by atoms with Crippen molar-refractivity contribution in [2.75, 3.05) is 5.32 Å². The average molecular weight is 335 g/mol. The molecule has 0 unspecified atom stereocenters. The van der Waals surface area contributed by atoms with Gasteiger partial charge in [0.2, 0.25) is 5.91 Å². The molecule has 1 N–H and O–H groups in total. The third kappa shape index (κ3) is 3.73. The van der Waals surface area contributed by atoms with Gasteiger partial charge >= 0.3 is 0 Å². The normalized spacial score (nSPS) is 11.7. The van der Waals surface area contributed by atoms with E-state index in [0.717, 1.165) is 24.1 Å². The monoisotopic (exact) mass is 335 g/mol. The second-order valence-corrected chi connectivity index (χ2v) is 7.25. The number of fused-ring (bicyclic) bond motifs is 1. The Bertz CT molecular complexity index is 875. The summed E-state index contributed by atoms with van der Waals surface area (Å²) in [5, 5.41) is 5.41. The van der Waals surface area contributed by atoms with E-state index < -0.39 is 5.41 Å². The molecular formula is C21H25N3O. The number of nitrogens with zero attached hydrogens (tertiary/aromatic N) is 2. The SMILES string of the molecule is CCC(C)(C)C(=O)Nc1cc(Cn2cc3ccccc3c2)c(C)cn1. The highest BCUT2D eigenvalue weighted by Crippen LogP contribution is 2.23. The molecule has 4 heteroatoms. The Morgan fingerprint density at radius 2 is 1.84 bits per heavy atom. The first-order valence-electron chi connectivity index (χ1n) is 8.70. The minimum atomic E-state index is -0.398. The predicted molar refractivity (Wildman–Crippen MR) is 103 cm³/mol. The van der Waals surface area contributed by atoms with Crippen molar-refractivity contribution in [3.63, 3.8) is 0 Å². The molecule has 3 rings (SSSR count). The van der Waals surface area contributed by atoms with Crippen LogP contribution in [0.5, 0.6) is 0 Å². The summed E-state index contributed by atoms with van der Waals surface area (Å²) >= 11 is 0. The maximum atomic E-state index is 12.4. The molecule has 0 bridgehead atoms. The minimum Gasteiger partial charge on any atom is -0.349 e. The zero-order chi connectivity index (χ0) is 18.0. The topological polar surface area (TPSA) is 46.9 Å². The lowest BCUT2D eigenvalue weighted by atomic mass is 9.89. The summed E-state index contributed by atoms with van der Waals surface area (Å²) in [5.74, 6) is 0.618. The molecule has 0 radical (unpaired) electrons. The first-order valence-corrected chi connectivity index (χ1v) is 8.70. The number of aromatic nitrogens is 2. The highest BCUT2D eigenvalue weighted by molar-refractivity contribution is 5.94. The highest BCUT2D eigenvalue weighted by Gasteiger charge is 2.25. The number of rotatable bonds is 5. The Morgan fingerprint density at radius 1 is 1.20 bits per heavy atom. The van der Waals surface area contributed by atoms with Crippen LogP contribution in [-0.4, -0.2) is 15.5 Å². The van der Waals surface area contributed by atoms with E-state index in [-0.39, 0.29) is 5.91 Å². The number of pyridine rings is 1. The van der Waals surface area contributed by atoms with E-state index in [9.17, 15) is 4.79 Å². The lowest BCUT2D eigenvalue weighted by Gasteiger charge is -2.21. The van der Waals surface area contributed by atoms with Crippen molar-refractivity contribution in [2.24, 2.45) is 5.41 Å². The van der Waals surface area contributed by atoms with E-state index in [1.54, 1.807) is 0 Å². The maximum Gasteiger partial charge on any atom is 0.231 e. The van der Waals surface area contributed by atoms with Gasteiger partial charge in [-0.1, -0.05) is 45.0 Å². The van der Waals surface area contributed by atoms with Gasteiger partial charge in [-0.05, 0) is 41.3 Å². The Labute approximate surface area is 148 Å². The first kappa shape index (κ1) is 17.2. The molecule has 2 aromatic heterocycles. The molecular weight excluding hydrogens is 310 g/mol. The van der Waals surface area contributed by atoms with Gasteiger partial charge in [-0.25, -0.2) is 4.98 Å². The second kappa shape index (κ2) is 6.71. The lowest BCUT2D eigenvalue weighted by molar-refractivity contribution is -0.124. The fourth-order valence-corrected chi connectivity index (χ4v) is 2.68. The van der Waals surface area contributed by atoms with Gasteiger partial charge in [0.25, 0.3) is 0 Å². The summed E-state index contributed by atoms with van der Waals surface area (Å²) in [6, 6.07) is 10.3. The van der Waals surface area contributed by atoms with Gasteiger partial charge in [0.15, 0.2) is 0 Å². The van der Waals surface area contributed by atoms with Gasteiger partial charge in [-0.3, -0.25) is 4.79 Å². The van der Waals surface area contributed by atoms with E-state index in [0.29, 0.717) is 5.82 Å². The largest absolute Gasteiger partial charge is 0.349 e. The van der Waals surface area contributed by atoms with Crippen LogP contribution in [0.25, 0.3) is 10.8 Å². The third-order valence-electron chi connectivity index (χ3n) is 4.91. The highest BCUT2D eigenvalue weighted by atomic mass is 16.2. The number of nitrogens with one attached hydrogen (secondary N) is 1. The van der Waals surface area contributed by atoms with Gasteiger partial charge in [0.05, 0.1) is 0 Å². The van der Waals surface area contributed by atoms with Crippen LogP contribution in [0.3, 0.4) is 0 Å². The summed E-state index contributed by atoms with van der Waals surface area (Å²) in [4.78, 5) is 16.8. The zero-order valence-electron chi connectivity index (χ0n) is 15.3. The molecule has 130 valence electrons. The Hall–Kier alpha value is -2.62. The number of hydrogen-bond acceptors (Lipinski definition) is 2. The Balaban J connectivity index is 1.83. The molecule has 0 fully saturated rings. The molecule has 1 aromatic carbocycles. The molecule has 2 heterocycles. The Kier molecular flexibility index (Phi) is 4.62. The summed E-state index contributed by atoms with van der Waals surface area (Å²) in [6.07, 6.45) is 6.90. The van der Waals surface area contributed by atoms with Crippen LogP contribution in [0.4, 0.5) is 5.82 Å². The van der Waals surface area contributed by atoms with Crippen LogP contribution < -0.4 is 5.32 Å². The number of carbonyl (C=O) groups is 1. The average Bonchev–Trinajstić information content (AvgIpc) is 3.00. The maximum absolute atomic E-state index is 12.4. The molecule has 0 atom stereocenters. The zero-order valence-corrected chi connectivity index (χ0v) is 15.3. The number of aryl methyl sites for hydroxylation is 1. The van der Waals surface area contributed by atoms with Crippen molar-refractivity contribution in [1.29, 1.82) is 0 Å². The van der Waals surface area contributed by atoms with Crippen LogP contribution in [0.1, 0.15) is 38.3 Å². The van der Waals surface area contributed by atoms with Crippen LogP contribution in [0, 0.1) is 12.3 Å². The Morgan fingerprint density at radius 3 is 2.44 bits per heavy atom. The summed E-state index contributed by atoms with van der Waals surface area (Å²) in [6.45, 7) is 8.71. The molecule has 0 spiro atoms.